The van der Waals surface area contributed by atoms with Crippen LogP contribution in [0.2, 0.25) is 0 Å². The Hall–Kier alpha value is -3.21. The number of benzene rings is 2. The van der Waals surface area contributed by atoms with Crippen molar-refractivity contribution >= 4 is 17.5 Å². The summed E-state index contributed by atoms with van der Waals surface area (Å²) in [6.07, 6.45) is 5.33. The van der Waals surface area contributed by atoms with E-state index in [1.807, 2.05) is 67.6 Å². The molecule has 0 bridgehead atoms. The molecule has 3 aromatic rings. The molecule has 0 saturated heterocycles. The molecule has 1 aromatic heterocycles. The van der Waals surface area contributed by atoms with Crippen LogP contribution in [0, 0.1) is 12.8 Å². The minimum Gasteiger partial charge on any atom is -0.426 e. The maximum absolute atomic E-state index is 12.3. The van der Waals surface area contributed by atoms with E-state index in [9.17, 15) is 4.79 Å². The summed E-state index contributed by atoms with van der Waals surface area (Å²) in [7, 11) is 0. The van der Waals surface area contributed by atoms with E-state index in [4.69, 9.17) is 4.74 Å². The van der Waals surface area contributed by atoms with Crippen LogP contribution in [0.4, 0.5) is 11.5 Å². The number of carbonyl (C=O) groups excluding carboxylic acids is 1. The second kappa shape index (κ2) is 8.86. The second-order valence-corrected chi connectivity index (χ2v) is 7.46. The van der Waals surface area contributed by atoms with Crippen molar-refractivity contribution < 1.29 is 9.53 Å². The molecule has 0 aliphatic heterocycles. The number of nitrogens with zero attached hydrogens (tertiary/aromatic N) is 2. The summed E-state index contributed by atoms with van der Waals surface area (Å²) in [5.74, 6) is 1.94. The molecule has 2 aromatic carbocycles. The van der Waals surface area contributed by atoms with Crippen LogP contribution in [0.3, 0.4) is 0 Å². The minimum atomic E-state index is -0.107. The SMILES string of the molecule is Cc1nc(Nc2ccc(OC(=O)C3CCCCC3)cc2)cc(-c2ccccc2)n1. The molecular weight excluding hydrogens is 362 g/mol. The molecule has 1 fully saturated rings. The van der Waals surface area contributed by atoms with Crippen LogP contribution in [0.15, 0.2) is 60.7 Å². The fourth-order valence-electron chi connectivity index (χ4n) is 3.68. The van der Waals surface area contributed by atoms with Gasteiger partial charge in [-0.3, -0.25) is 4.79 Å². The first-order valence-electron chi connectivity index (χ1n) is 10.2. The molecule has 1 heterocycles. The highest BCUT2D eigenvalue weighted by atomic mass is 16.5. The largest absolute Gasteiger partial charge is 0.426 e. The van der Waals surface area contributed by atoms with E-state index in [1.165, 1.54) is 6.42 Å². The summed E-state index contributed by atoms with van der Waals surface area (Å²) >= 11 is 0. The van der Waals surface area contributed by atoms with Crippen molar-refractivity contribution in [1.29, 1.82) is 0 Å². The number of hydrogen-bond donors (Lipinski definition) is 1. The van der Waals surface area contributed by atoms with E-state index in [0.717, 1.165) is 48.4 Å². The van der Waals surface area contributed by atoms with Gasteiger partial charge in [-0.2, -0.15) is 0 Å². The van der Waals surface area contributed by atoms with Crippen LogP contribution in [0.5, 0.6) is 5.75 Å². The number of nitrogens with one attached hydrogen (secondary N) is 1. The number of esters is 1. The molecule has 0 unspecified atom stereocenters. The van der Waals surface area contributed by atoms with Crippen LogP contribution in [0.25, 0.3) is 11.3 Å². The molecule has 1 aliphatic rings. The monoisotopic (exact) mass is 387 g/mol. The van der Waals surface area contributed by atoms with Gasteiger partial charge in [-0.1, -0.05) is 49.6 Å². The molecule has 1 saturated carbocycles. The predicted octanol–water partition coefficient (Wildman–Crippen LogP) is 5.68. The van der Waals surface area contributed by atoms with Gasteiger partial charge in [-0.05, 0) is 44.0 Å². The Labute approximate surface area is 171 Å². The Morgan fingerprint density at radius 1 is 0.966 bits per heavy atom. The lowest BCUT2D eigenvalue weighted by molar-refractivity contribution is -0.139. The Bertz CT molecular complexity index is 965. The normalized spacial score (nSPS) is 14.4. The van der Waals surface area contributed by atoms with Crippen molar-refractivity contribution in [2.75, 3.05) is 5.32 Å². The molecule has 0 radical (unpaired) electrons. The van der Waals surface area contributed by atoms with Crippen LogP contribution < -0.4 is 10.1 Å². The molecule has 1 N–H and O–H groups in total. The number of hydrogen-bond acceptors (Lipinski definition) is 5. The minimum absolute atomic E-state index is 0.0435. The lowest BCUT2D eigenvalue weighted by Gasteiger charge is -2.19. The van der Waals surface area contributed by atoms with Gasteiger partial charge in [0.05, 0.1) is 11.6 Å². The summed E-state index contributed by atoms with van der Waals surface area (Å²) in [4.78, 5) is 21.3. The van der Waals surface area contributed by atoms with Crippen molar-refractivity contribution in [2.45, 2.75) is 39.0 Å². The van der Waals surface area contributed by atoms with Gasteiger partial charge in [0.2, 0.25) is 0 Å². The van der Waals surface area contributed by atoms with Gasteiger partial charge in [-0.25, -0.2) is 9.97 Å². The van der Waals surface area contributed by atoms with Gasteiger partial charge in [0, 0.05) is 17.3 Å². The lowest BCUT2D eigenvalue weighted by Crippen LogP contribution is -2.22. The molecule has 0 amide bonds. The molecule has 1 aliphatic carbocycles. The van der Waals surface area contributed by atoms with Gasteiger partial charge in [-0.15, -0.1) is 0 Å². The molecule has 5 nitrogen and oxygen atoms in total. The number of anilines is 2. The highest BCUT2D eigenvalue weighted by Gasteiger charge is 2.22. The molecule has 5 heteroatoms. The number of aromatic nitrogens is 2. The number of ether oxygens (including phenoxy) is 1. The van der Waals surface area contributed by atoms with Crippen LogP contribution in [-0.2, 0) is 4.79 Å². The van der Waals surface area contributed by atoms with Gasteiger partial charge < -0.3 is 10.1 Å². The summed E-state index contributed by atoms with van der Waals surface area (Å²) in [6.45, 7) is 1.88. The first-order chi connectivity index (χ1) is 14.2. The average molecular weight is 387 g/mol. The van der Waals surface area contributed by atoms with Crippen molar-refractivity contribution in [1.82, 2.24) is 9.97 Å². The molecule has 0 atom stereocenters. The average Bonchev–Trinajstić information content (AvgIpc) is 2.76. The summed E-state index contributed by atoms with van der Waals surface area (Å²) in [6, 6.07) is 19.4. The first kappa shape index (κ1) is 19.1. The first-order valence-corrected chi connectivity index (χ1v) is 10.2. The Morgan fingerprint density at radius 3 is 2.41 bits per heavy atom. The predicted molar refractivity (Wildman–Crippen MR) is 114 cm³/mol. The van der Waals surface area contributed by atoms with Crippen molar-refractivity contribution in [3.63, 3.8) is 0 Å². The van der Waals surface area contributed by atoms with Crippen molar-refractivity contribution in [2.24, 2.45) is 5.92 Å². The van der Waals surface area contributed by atoms with E-state index < -0.39 is 0 Å². The summed E-state index contributed by atoms with van der Waals surface area (Å²) < 4.78 is 5.56. The summed E-state index contributed by atoms with van der Waals surface area (Å²) in [5.41, 5.74) is 2.80. The molecular formula is C24H25N3O2. The number of carbonyl (C=O) groups is 1. The zero-order valence-electron chi connectivity index (χ0n) is 16.6. The maximum atomic E-state index is 12.3. The number of rotatable bonds is 5. The van der Waals surface area contributed by atoms with E-state index >= 15 is 0 Å². The van der Waals surface area contributed by atoms with Gasteiger partial charge in [0.1, 0.15) is 17.4 Å². The van der Waals surface area contributed by atoms with E-state index in [2.05, 4.69) is 15.3 Å². The van der Waals surface area contributed by atoms with Crippen LogP contribution in [-0.4, -0.2) is 15.9 Å². The number of aryl methyl sites for hydroxylation is 1. The highest BCUT2D eigenvalue weighted by molar-refractivity contribution is 5.75. The van der Waals surface area contributed by atoms with E-state index in [0.29, 0.717) is 11.6 Å². The Balaban J connectivity index is 1.43. The maximum Gasteiger partial charge on any atom is 0.314 e. The Morgan fingerprint density at radius 2 is 1.69 bits per heavy atom. The third-order valence-corrected chi connectivity index (χ3v) is 5.19. The van der Waals surface area contributed by atoms with Crippen molar-refractivity contribution in [3.05, 3.63) is 66.5 Å². The zero-order chi connectivity index (χ0) is 20.1. The van der Waals surface area contributed by atoms with Crippen molar-refractivity contribution in [3.8, 4) is 17.0 Å². The van der Waals surface area contributed by atoms with Crippen LogP contribution in [0.1, 0.15) is 37.9 Å². The quantitative estimate of drug-likeness (QED) is 0.451. The fourth-order valence-corrected chi connectivity index (χ4v) is 3.68. The molecule has 148 valence electrons. The fraction of sp³-hybridized carbons (Fsp3) is 0.292. The molecule has 29 heavy (non-hydrogen) atoms. The van der Waals surface area contributed by atoms with Crippen LogP contribution >= 0.6 is 0 Å². The smallest absolute Gasteiger partial charge is 0.314 e. The zero-order valence-corrected chi connectivity index (χ0v) is 16.6. The Kier molecular flexibility index (Phi) is 5.84. The highest BCUT2D eigenvalue weighted by Crippen LogP contribution is 2.27. The standard InChI is InChI=1S/C24H25N3O2/c1-17-25-22(18-8-4-2-5-9-18)16-23(26-17)27-20-12-14-21(15-13-20)29-24(28)19-10-6-3-7-11-19/h2,4-5,8-9,12-16,19H,3,6-7,10-11H2,1H3,(H,25,26,27). The molecule has 4 rings (SSSR count). The third-order valence-electron chi connectivity index (χ3n) is 5.19. The van der Waals surface area contributed by atoms with E-state index in [-0.39, 0.29) is 11.9 Å². The van der Waals surface area contributed by atoms with E-state index in [1.54, 1.807) is 0 Å². The third kappa shape index (κ3) is 4.99. The molecule has 0 spiro atoms. The topological polar surface area (TPSA) is 64.1 Å². The lowest BCUT2D eigenvalue weighted by atomic mass is 9.89. The van der Waals surface area contributed by atoms with Gasteiger partial charge >= 0.3 is 5.97 Å². The second-order valence-electron chi connectivity index (χ2n) is 7.46. The van der Waals surface area contributed by atoms with Gasteiger partial charge in [0.15, 0.2) is 0 Å². The van der Waals surface area contributed by atoms with Gasteiger partial charge in [0.25, 0.3) is 0 Å². The summed E-state index contributed by atoms with van der Waals surface area (Å²) in [5, 5.41) is 3.31.